The van der Waals surface area contributed by atoms with Gasteiger partial charge in [0, 0.05) is 30.6 Å². The zero-order valence-corrected chi connectivity index (χ0v) is 14.1. The first-order valence-corrected chi connectivity index (χ1v) is 8.05. The summed E-state index contributed by atoms with van der Waals surface area (Å²) in [5.74, 6) is -0.444. The van der Waals surface area contributed by atoms with Crippen LogP contribution < -0.4 is 10.9 Å². The molecule has 0 saturated heterocycles. The lowest BCUT2D eigenvalue weighted by atomic mass is 9.96. The molecule has 1 atom stereocenters. The minimum atomic E-state index is -0.557. The summed E-state index contributed by atoms with van der Waals surface area (Å²) in [6, 6.07) is 6.35. The Morgan fingerprint density at radius 2 is 2.04 bits per heavy atom. The highest BCUT2D eigenvalue weighted by Crippen LogP contribution is 2.36. The van der Waals surface area contributed by atoms with E-state index in [1.807, 2.05) is 0 Å². The summed E-state index contributed by atoms with van der Waals surface area (Å²) in [6.07, 6.45) is 0.0463. The van der Waals surface area contributed by atoms with Gasteiger partial charge in [0.05, 0.1) is 5.52 Å². The van der Waals surface area contributed by atoms with Gasteiger partial charge in [-0.05, 0) is 50.8 Å². The molecule has 1 amide bonds. The number of nitrogens with one attached hydrogen (secondary N) is 1. The third-order valence-corrected chi connectivity index (χ3v) is 4.11. The third kappa shape index (κ3) is 3.13. The molecule has 0 saturated carbocycles. The normalized spacial score (nSPS) is 16.4. The molecule has 1 aromatic carbocycles. The Bertz CT molecular complexity index is 852. The van der Waals surface area contributed by atoms with E-state index >= 15 is 0 Å². The largest absolute Gasteiger partial charge is 0.444 e. The molecular weight excluding hydrogens is 311 g/mol. The molecule has 0 bridgehead atoms. The molecule has 0 aliphatic carbocycles. The minimum absolute atomic E-state index is 0.128. The highest BCUT2D eigenvalue weighted by Gasteiger charge is 2.28. The van der Waals surface area contributed by atoms with Crippen molar-refractivity contribution in [2.24, 2.45) is 0 Å². The summed E-state index contributed by atoms with van der Waals surface area (Å²) in [5.41, 5.74) is 0.552. The lowest BCUT2D eigenvalue weighted by molar-refractivity contribution is 0.0526. The number of ether oxygens (including phenoxy) is 1. The van der Waals surface area contributed by atoms with Crippen LogP contribution in [0.1, 0.15) is 38.7 Å². The monoisotopic (exact) mass is 332 g/mol. The molecule has 1 N–H and O–H groups in total. The average Bonchev–Trinajstić information content (AvgIpc) is 2.85. The Morgan fingerprint density at radius 1 is 1.33 bits per heavy atom. The van der Waals surface area contributed by atoms with Crippen LogP contribution in [-0.4, -0.2) is 22.8 Å². The van der Waals surface area contributed by atoms with Gasteiger partial charge in [-0.15, -0.1) is 0 Å². The fraction of sp³-hybridized carbons (Fsp3) is 0.444. The summed E-state index contributed by atoms with van der Waals surface area (Å²) < 4.78 is 21.1. The summed E-state index contributed by atoms with van der Waals surface area (Å²) in [5, 5.41) is 3.54. The number of hydrogen-bond acceptors (Lipinski definition) is 3. The van der Waals surface area contributed by atoms with Crippen LogP contribution in [0.25, 0.3) is 10.9 Å². The quantitative estimate of drug-likeness (QED) is 0.939. The minimum Gasteiger partial charge on any atom is -0.444 e. The smallest absolute Gasteiger partial charge is 0.407 e. The van der Waals surface area contributed by atoms with Gasteiger partial charge in [0.2, 0.25) is 0 Å². The second kappa shape index (κ2) is 5.92. The van der Waals surface area contributed by atoms with Gasteiger partial charge in [-0.1, -0.05) is 0 Å². The van der Waals surface area contributed by atoms with Gasteiger partial charge in [0.25, 0.3) is 5.56 Å². The van der Waals surface area contributed by atoms with E-state index in [2.05, 4.69) is 5.32 Å². The number of carbonyl (C=O) groups excluding carboxylic acids is 1. The molecule has 1 aliphatic heterocycles. The van der Waals surface area contributed by atoms with Crippen molar-refractivity contribution in [3.63, 3.8) is 0 Å². The molecule has 5 nitrogen and oxygen atoms in total. The average molecular weight is 332 g/mol. The highest BCUT2D eigenvalue weighted by molar-refractivity contribution is 5.84. The van der Waals surface area contributed by atoms with Crippen molar-refractivity contribution < 1.29 is 13.9 Å². The predicted molar refractivity (Wildman–Crippen MR) is 89.8 cm³/mol. The number of carbonyl (C=O) groups is 1. The Morgan fingerprint density at radius 3 is 2.75 bits per heavy atom. The van der Waals surface area contributed by atoms with Crippen LogP contribution in [0.2, 0.25) is 0 Å². The molecule has 1 unspecified atom stereocenters. The van der Waals surface area contributed by atoms with E-state index in [1.165, 1.54) is 12.1 Å². The van der Waals surface area contributed by atoms with Crippen LogP contribution in [0.3, 0.4) is 0 Å². The Balaban J connectivity index is 1.75. The Kier molecular flexibility index (Phi) is 4.07. The van der Waals surface area contributed by atoms with Gasteiger partial charge >= 0.3 is 6.09 Å². The molecule has 0 fully saturated rings. The van der Waals surface area contributed by atoms with E-state index in [9.17, 15) is 14.0 Å². The van der Waals surface area contributed by atoms with Crippen LogP contribution in [0.5, 0.6) is 0 Å². The summed E-state index contributed by atoms with van der Waals surface area (Å²) >= 11 is 0. The van der Waals surface area contributed by atoms with Crippen molar-refractivity contribution in [1.82, 2.24) is 9.88 Å². The molecule has 0 radical (unpaired) electrons. The van der Waals surface area contributed by atoms with Gasteiger partial charge in [0.15, 0.2) is 0 Å². The van der Waals surface area contributed by atoms with E-state index in [-0.39, 0.29) is 17.3 Å². The zero-order valence-electron chi connectivity index (χ0n) is 14.1. The second-order valence-electron chi connectivity index (χ2n) is 7.10. The zero-order chi connectivity index (χ0) is 17.5. The van der Waals surface area contributed by atoms with Crippen LogP contribution >= 0.6 is 0 Å². The van der Waals surface area contributed by atoms with Gasteiger partial charge < -0.3 is 14.6 Å². The number of benzene rings is 1. The Labute approximate surface area is 139 Å². The van der Waals surface area contributed by atoms with Crippen molar-refractivity contribution in [3.05, 3.63) is 46.0 Å². The molecule has 128 valence electrons. The van der Waals surface area contributed by atoms with Gasteiger partial charge in [-0.2, -0.15) is 0 Å². The van der Waals surface area contributed by atoms with E-state index < -0.39 is 11.7 Å². The SMILES string of the molecule is CC(C)(C)OC(=O)NCCC1Cn2c(=O)ccc3ccc(F)c1c32. The maximum absolute atomic E-state index is 14.3. The van der Waals surface area contributed by atoms with Crippen molar-refractivity contribution in [2.45, 2.75) is 45.3 Å². The molecule has 0 spiro atoms. The summed E-state index contributed by atoms with van der Waals surface area (Å²) in [6.45, 7) is 6.18. The standard InChI is InChI=1S/C18H21FN2O3/c1-18(2,3)24-17(23)20-9-8-12-10-21-14(22)7-5-11-4-6-13(19)15(12)16(11)21/h4-7,12H,8-10H2,1-3H3,(H,20,23). The molecule has 1 aliphatic rings. The van der Waals surface area contributed by atoms with Gasteiger partial charge in [-0.3, -0.25) is 4.79 Å². The molecule has 2 heterocycles. The number of alkyl carbamates (subject to hydrolysis) is 1. The topological polar surface area (TPSA) is 60.3 Å². The highest BCUT2D eigenvalue weighted by atomic mass is 19.1. The molecule has 24 heavy (non-hydrogen) atoms. The summed E-state index contributed by atoms with van der Waals surface area (Å²) in [7, 11) is 0. The van der Waals surface area contributed by atoms with Crippen LogP contribution in [0.4, 0.5) is 9.18 Å². The fourth-order valence-electron chi connectivity index (χ4n) is 3.18. The van der Waals surface area contributed by atoms with E-state index in [0.29, 0.717) is 30.6 Å². The lowest BCUT2D eigenvalue weighted by Gasteiger charge is -2.20. The van der Waals surface area contributed by atoms with Gasteiger partial charge in [-0.25, -0.2) is 9.18 Å². The van der Waals surface area contributed by atoms with E-state index in [0.717, 1.165) is 5.39 Å². The van der Waals surface area contributed by atoms with Crippen molar-refractivity contribution in [3.8, 4) is 0 Å². The number of nitrogens with zero attached hydrogens (tertiary/aromatic N) is 1. The van der Waals surface area contributed by atoms with E-state index in [1.54, 1.807) is 37.5 Å². The molecule has 3 rings (SSSR count). The van der Waals surface area contributed by atoms with Crippen molar-refractivity contribution >= 4 is 17.0 Å². The number of rotatable bonds is 3. The first-order chi connectivity index (χ1) is 11.3. The number of amides is 1. The summed E-state index contributed by atoms with van der Waals surface area (Å²) in [4.78, 5) is 23.7. The second-order valence-corrected chi connectivity index (χ2v) is 7.10. The fourth-order valence-corrected chi connectivity index (χ4v) is 3.18. The maximum Gasteiger partial charge on any atom is 0.407 e. The van der Waals surface area contributed by atoms with Crippen LogP contribution in [0.15, 0.2) is 29.1 Å². The Hall–Kier alpha value is -2.37. The molecular formula is C18H21FN2O3. The number of aromatic nitrogens is 1. The first kappa shape index (κ1) is 16.5. The van der Waals surface area contributed by atoms with Crippen molar-refractivity contribution in [1.29, 1.82) is 0 Å². The van der Waals surface area contributed by atoms with Gasteiger partial charge in [0.1, 0.15) is 11.4 Å². The van der Waals surface area contributed by atoms with E-state index in [4.69, 9.17) is 4.74 Å². The third-order valence-electron chi connectivity index (χ3n) is 4.11. The maximum atomic E-state index is 14.3. The first-order valence-electron chi connectivity index (χ1n) is 8.05. The lowest BCUT2D eigenvalue weighted by Crippen LogP contribution is -2.33. The molecule has 1 aromatic heterocycles. The number of pyridine rings is 1. The van der Waals surface area contributed by atoms with Crippen LogP contribution in [-0.2, 0) is 11.3 Å². The molecule has 6 heteroatoms. The number of halogens is 1. The molecule has 2 aromatic rings. The number of hydrogen-bond donors (Lipinski definition) is 1. The predicted octanol–water partition coefficient (Wildman–Crippen LogP) is 3.15. The van der Waals surface area contributed by atoms with Crippen molar-refractivity contribution in [2.75, 3.05) is 6.54 Å². The van der Waals surface area contributed by atoms with Crippen LogP contribution in [0, 0.1) is 5.82 Å².